The van der Waals surface area contributed by atoms with Crippen LogP contribution >= 0.6 is 0 Å². The quantitative estimate of drug-likeness (QED) is 0.519. The van der Waals surface area contributed by atoms with Gasteiger partial charge in [0.1, 0.15) is 6.10 Å². The second-order valence-corrected chi connectivity index (χ2v) is 2.98. The molecule has 13 heavy (non-hydrogen) atoms. The summed E-state index contributed by atoms with van der Waals surface area (Å²) in [6, 6.07) is 0. The molecule has 72 valence electrons. The average molecular weight is 178 g/mol. The summed E-state index contributed by atoms with van der Waals surface area (Å²) >= 11 is 0. The van der Waals surface area contributed by atoms with Gasteiger partial charge in [-0.25, -0.2) is 0 Å². The molecule has 0 saturated heterocycles. The summed E-state index contributed by atoms with van der Waals surface area (Å²) in [5.74, 6) is 11.5. The highest BCUT2D eigenvalue weighted by molar-refractivity contribution is 5.12. The van der Waals surface area contributed by atoms with Gasteiger partial charge in [-0.05, 0) is 13.3 Å². The highest BCUT2D eigenvalue weighted by atomic mass is 16.3. The monoisotopic (exact) mass is 178 g/mol. The molecule has 0 radical (unpaired) electrons. The van der Waals surface area contributed by atoms with E-state index in [0.717, 1.165) is 6.42 Å². The predicted octanol–water partition coefficient (Wildman–Crippen LogP) is 2.34. The fourth-order valence-corrected chi connectivity index (χ4v) is 0.857. The number of unbranched alkanes of at least 4 members (excludes halogenated alkanes) is 3. The van der Waals surface area contributed by atoms with Crippen LogP contribution in [-0.4, -0.2) is 11.2 Å². The first kappa shape index (κ1) is 12.1. The smallest absolute Gasteiger partial charge is 0.112 e. The zero-order valence-electron chi connectivity index (χ0n) is 8.56. The first-order chi connectivity index (χ1) is 6.27. The Hall–Kier alpha value is -0.920. The summed E-state index contributed by atoms with van der Waals surface area (Å²) in [5, 5.41) is 8.80. The Morgan fingerprint density at radius 1 is 1.15 bits per heavy atom. The lowest BCUT2D eigenvalue weighted by atomic mass is 10.2. The van der Waals surface area contributed by atoms with Crippen LogP contribution in [0.4, 0.5) is 0 Å². The Morgan fingerprint density at radius 3 is 2.54 bits per heavy atom. The highest BCUT2D eigenvalue weighted by Crippen LogP contribution is 1.96. The molecule has 0 spiro atoms. The largest absolute Gasteiger partial charge is 0.381 e. The molecule has 0 rings (SSSR count). The van der Waals surface area contributed by atoms with E-state index in [1.165, 1.54) is 19.3 Å². The Bertz CT molecular complexity index is 219. The van der Waals surface area contributed by atoms with Crippen LogP contribution < -0.4 is 0 Å². The van der Waals surface area contributed by atoms with Crippen LogP contribution in [0.15, 0.2) is 0 Å². The van der Waals surface area contributed by atoms with Crippen LogP contribution in [0.3, 0.4) is 0 Å². The maximum atomic E-state index is 8.80. The molecule has 0 aromatic rings. The predicted molar refractivity (Wildman–Crippen MR) is 56.0 cm³/mol. The fourth-order valence-electron chi connectivity index (χ4n) is 0.857. The molecule has 0 fully saturated rings. The van der Waals surface area contributed by atoms with Crippen LogP contribution in [0.5, 0.6) is 0 Å². The zero-order chi connectivity index (χ0) is 9.94. The van der Waals surface area contributed by atoms with Crippen molar-refractivity contribution in [3.05, 3.63) is 0 Å². The lowest BCUT2D eigenvalue weighted by molar-refractivity contribution is 0.253. The molecular formula is C12H18O. The average Bonchev–Trinajstić information content (AvgIpc) is 2.09. The topological polar surface area (TPSA) is 20.2 Å². The SMILES string of the molecule is CCCCCC#CCC#CC(C)O. The number of hydrogen-bond acceptors (Lipinski definition) is 1. The van der Waals surface area contributed by atoms with Gasteiger partial charge in [-0.15, -0.1) is 5.92 Å². The molecule has 0 bridgehead atoms. The van der Waals surface area contributed by atoms with Gasteiger partial charge in [-0.1, -0.05) is 37.5 Å². The molecule has 1 heteroatoms. The van der Waals surface area contributed by atoms with E-state index in [4.69, 9.17) is 5.11 Å². The van der Waals surface area contributed by atoms with E-state index in [2.05, 4.69) is 30.6 Å². The maximum absolute atomic E-state index is 8.80. The van der Waals surface area contributed by atoms with Gasteiger partial charge in [-0.3, -0.25) is 0 Å². The van der Waals surface area contributed by atoms with Crippen molar-refractivity contribution >= 4 is 0 Å². The van der Waals surface area contributed by atoms with E-state index >= 15 is 0 Å². The number of aliphatic hydroxyl groups is 1. The maximum Gasteiger partial charge on any atom is 0.112 e. The molecule has 0 amide bonds. The summed E-state index contributed by atoms with van der Waals surface area (Å²) < 4.78 is 0. The third-order valence-electron chi connectivity index (χ3n) is 1.52. The summed E-state index contributed by atoms with van der Waals surface area (Å²) in [6.45, 7) is 3.84. The molecule has 0 aliphatic heterocycles. The van der Waals surface area contributed by atoms with Gasteiger partial charge in [-0.2, -0.15) is 0 Å². The van der Waals surface area contributed by atoms with Crippen LogP contribution in [-0.2, 0) is 0 Å². The molecule has 1 atom stereocenters. The van der Waals surface area contributed by atoms with Gasteiger partial charge in [0.25, 0.3) is 0 Å². The fraction of sp³-hybridized carbons (Fsp3) is 0.667. The first-order valence-electron chi connectivity index (χ1n) is 4.89. The molecule has 0 aromatic heterocycles. The molecule has 0 aliphatic rings. The Kier molecular flexibility index (Phi) is 8.52. The van der Waals surface area contributed by atoms with Crippen LogP contribution in [0, 0.1) is 23.7 Å². The molecule has 0 aromatic carbocycles. The van der Waals surface area contributed by atoms with E-state index in [1.807, 2.05) is 0 Å². The normalized spacial score (nSPS) is 10.7. The molecule has 0 aliphatic carbocycles. The lowest BCUT2D eigenvalue weighted by Crippen LogP contribution is -1.91. The van der Waals surface area contributed by atoms with Crippen molar-refractivity contribution in [2.75, 3.05) is 0 Å². The minimum Gasteiger partial charge on any atom is -0.381 e. The van der Waals surface area contributed by atoms with Crippen molar-refractivity contribution in [1.82, 2.24) is 0 Å². The lowest BCUT2D eigenvalue weighted by Gasteiger charge is -1.87. The summed E-state index contributed by atoms with van der Waals surface area (Å²) in [5.41, 5.74) is 0. The van der Waals surface area contributed by atoms with Crippen LogP contribution in [0.25, 0.3) is 0 Å². The van der Waals surface area contributed by atoms with Crippen molar-refractivity contribution in [1.29, 1.82) is 0 Å². The molecule has 1 N–H and O–H groups in total. The van der Waals surface area contributed by atoms with Crippen molar-refractivity contribution < 1.29 is 5.11 Å². The molecule has 0 heterocycles. The third-order valence-corrected chi connectivity index (χ3v) is 1.52. The minimum atomic E-state index is -0.526. The molecule has 0 saturated carbocycles. The highest BCUT2D eigenvalue weighted by Gasteiger charge is 1.81. The summed E-state index contributed by atoms with van der Waals surface area (Å²) in [7, 11) is 0. The van der Waals surface area contributed by atoms with E-state index in [1.54, 1.807) is 6.92 Å². The van der Waals surface area contributed by atoms with Crippen molar-refractivity contribution in [3.8, 4) is 23.7 Å². The Morgan fingerprint density at radius 2 is 1.92 bits per heavy atom. The van der Waals surface area contributed by atoms with Crippen molar-refractivity contribution in [3.63, 3.8) is 0 Å². The number of hydrogen-bond donors (Lipinski definition) is 1. The number of aliphatic hydroxyl groups excluding tert-OH is 1. The number of rotatable bonds is 3. The Balaban J connectivity index is 3.36. The van der Waals surface area contributed by atoms with Gasteiger partial charge in [0, 0.05) is 6.42 Å². The first-order valence-corrected chi connectivity index (χ1v) is 4.89. The van der Waals surface area contributed by atoms with Gasteiger partial charge < -0.3 is 5.11 Å². The van der Waals surface area contributed by atoms with Crippen LogP contribution in [0.2, 0.25) is 0 Å². The second kappa shape index (κ2) is 9.17. The van der Waals surface area contributed by atoms with E-state index in [9.17, 15) is 0 Å². The third kappa shape index (κ3) is 11.1. The minimum absolute atomic E-state index is 0.526. The second-order valence-electron chi connectivity index (χ2n) is 2.98. The van der Waals surface area contributed by atoms with E-state index in [-0.39, 0.29) is 0 Å². The van der Waals surface area contributed by atoms with E-state index < -0.39 is 6.10 Å². The van der Waals surface area contributed by atoms with Crippen LogP contribution in [0.1, 0.15) is 46.0 Å². The standard InChI is InChI=1S/C12H18O/c1-3-4-5-6-7-8-9-10-11-12(2)13/h12-13H,3-6,9H2,1-2H3. The van der Waals surface area contributed by atoms with Gasteiger partial charge >= 0.3 is 0 Å². The van der Waals surface area contributed by atoms with Crippen molar-refractivity contribution in [2.45, 2.75) is 52.1 Å². The molecular weight excluding hydrogens is 160 g/mol. The zero-order valence-corrected chi connectivity index (χ0v) is 8.56. The van der Waals surface area contributed by atoms with Gasteiger partial charge in [0.2, 0.25) is 0 Å². The summed E-state index contributed by atoms with van der Waals surface area (Å²) in [6.07, 6.45) is 4.72. The van der Waals surface area contributed by atoms with Gasteiger partial charge in [0.15, 0.2) is 0 Å². The molecule has 1 unspecified atom stereocenters. The van der Waals surface area contributed by atoms with Gasteiger partial charge in [0.05, 0.1) is 6.42 Å². The van der Waals surface area contributed by atoms with E-state index in [0.29, 0.717) is 6.42 Å². The Labute approximate surface area is 81.5 Å². The van der Waals surface area contributed by atoms with Crippen molar-refractivity contribution in [2.24, 2.45) is 0 Å². The molecule has 1 nitrogen and oxygen atoms in total. The summed E-state index contributed by atoms with van der Waals surface area (Å²) in [4.78, 5) is 0.